The van der Waals surface area contributed by atoms with Crippen LogP contribution in [0.25, 0.3) is 100 Å². The summed E-state index contributed by atoms with van der Waals surface area (Å²) < 4.78 is 4.71. The van der Waals surface area contributed by atoms with Gasteiger partial charge in [-0.1, -0.05) is 127 Å². The van der Waals surface area contributed by atoms with Crippen LogP contribution in [0.15, 0.2) is 200 Å². The average molecular weight is 716 g/mol. The third-order valence-corrected chi connectivity index (χ3v) is 10.8. The Hall–Kier alpha value is -7.63. The summed E-state index contributed by atoms with van der Waals surface area (Å²) in [6, 6.07) is 68.4. The summed E-state index contributed by atoms with van der Waals surface area (Å²) in [5, 5.41) is 3.55. The molecule has 0 aliphatic carbocycles. The van der Waals surface area contributed by atoms with Gasteiger partial charge in [0.25, 0.3) is 0 Å². The Balaban J connectivity index is 1.08. The van der Waals surface area contributed by atoms with Crippen molar-refractivity contribution in [3.05, 3.63) is 200 Å². The zero-order chi connectivity index (χ0) is 37.0. The summed E-state index contributed by atoms with van der Waals surface area (Å²) >= 11 is 0. The number of hydrogen-bond acceptors (Lipinski definition) is 3. The average Bonchev–Trinajstić information content (AvgIpc) is 3.79. The first-order valence-electron chi connectivity index (χ1n) is 18.9. The SMILES string of the molecule is c1ccc(-c2cc(-c3cccc(-n4c5ccccc5c5ccc(-c6ccc7c8ncccc8n(-c8ccccc8)c7c6)cc54)c3)nc(-c3ccccc3)n2)cc1. The summed E-state index contributed by atoms with van der Waals surface area (Å²) in [6.07, 6.45) is 1.88. The molecule has 0 saturated heterocycles. The molecule has 4 heterocycles. The van der Waals surface area contributed by atoms with Gasteiger partial charge in [0, 0.05) is 50.4 Å². The fraction of sp³-hybridized carbons (Fsp3) is 0. The summed E-state index contributed by atoms with van der Waals surface area (Å²) in [5.74, 6) is 0.702. The Morgan fingerprint density at radius 3 is 1.64 bits per heavy atom. The summed E-state index contributed by atoms with van der Waals surface area (Å²) in [5.41, 5.74) is 14.8. The normalized spacial score (nSPS) is 11.6. The first-order chi connectivity index (χ1) is 27.8. The first-order valence-corrected chi connectivity index (χ1v) is 18.9. The minimum Gasteiger partial charge on any atom is -0.309 e. The van der Waals surface area contributed by atoms with Crippen LogP contribution in [0.5, 0.6) is 0 Å². The lowest BCUT2D eigenvalue weighted by atomic mass is 10.0. The van der Waals surface area contributed by atoms with Crippen molar-refractivity contribution >= 4 is 43.7 Å². The van der Waals surface area contributed by atoms with Crippen molar-refractivity contribution in [2.75, 3.05) is 0 Å². The van der Waals surface area contributed by atoms with E-state index in [1.165, 1.54) is 10.8 Å². The van der Waals surface area contributed by atoms with E-state index in [9.17, 15) is 0 Å². The largest absolute Gasteiger partial charge is 0.309 e. The zero-order valence-electron chi connectivity index (χ0n) is 30.3. The van der Waals surface area contributed by atoms with Gasteiger partial charge in [0.15, 0.2) is 5.82 Å². The molecule has 0 aliphatic heterocycles. The highest BCUT2D eigenvalue weighted by molar-refractivity contribution is 6.11. The Kier molecular flexibility index (Phi) is 7.42. The van der Waals surface area contributed by atoms with Gasteiger partial charge in [0.05, 0.1) is 39.0 Å². The molecular formula is C51H33N5. The minimum atomic E-state index is 0.702. The van der Waals surface area contributed by atoms with Crippen LogP contribution in [-0.4, -0.2) is 24.1 Å². The molecule has 0 aliphatic rings. The number of benzene rings is 7. The van der Waals surface area contributed by atoms with Crippen LogP contribution in [-0.2, 0) is 0 Å². The number of rotatable bonds is 6. The molecule has 0 fully saturated rings. The van der Waals surface area contributed by atoms with Gasteiger partial charge in [-0.05, 0) is 77.9 Å². The van der Waals surface area contributed by atoms with Crippen LogP contribution in [0, 0.1) is 0 Å². The predicted octanol–water partition coefficient (Wildman–Crippen LogP) is 12.7. The Labute approximate surface area is 323 Å². The monoisotopic (exact) mass is 715 g/mol. The van der Waals surface area contributed by atoms with E-state index in [4.69, 9.17) is 15.0 Å². The van der Waals surface area contributed by atoms with Crippen molar-refractivity contribution in [1.82, 2.24) is 24.1 Å². The molecule has 7 aromatic carbocycles. The van der Waals surface area contributed by atoms with Crippen LogP contribution in [0.2, 0.25) is 0 Å². The number of para-hydroxylation sites is 2. The molecule has 0 saturated carbocycles. The molecular weight excluding hydrogens is 683 g/mol. The molecule has 0 amide bonds. The Bertz CT molecular complexity index is 3180. The van der Waals surface area contributed by atoms with Crippen LogP contribution < -0.4 is 0 Å². The lowest BCUT2D eigenvalue weighted by molar-refractivity contribution is 1.16. The quantitative estimate of drug-likeness (QED) is 0.172. The maximum Gasteiger partial charge on any atom is 0.160 e. The lowest BCUT2D eigenvalue weighted by Crippen LogP contribution is -1.98. The number of pyridine rings is 1. The third kappa shape index (κ3) is 5.29. The van der Waals surface area contributed by atoms with Crippen LogP contribution in [0.1, 0.15) is 0 Å². The van der Waals surface area contributed by atoms with Gasteiger partial charge in [-0.3, -0.25) is 4.98 Å². The smallest absolute Gasteiger partial charge is 0.160 e. The second kappa shape index (κ2) is 13.0. The summed E-state index contributed by atoms with van der Waals surface area (Å²) in [4.78, 5) is 15.0. The highest BCUT2D eigenvalue weighted by atomic mass is 15.0. The maximum atomic E-state index is 5.14. The van der Waals surface area contributed by atoms with Crippen LogP contribution in [0.4, 0.5) is 0 Å². The molecule has 0 atom stereocenters. The van der Waals surface area contributed by atoms with Crippen molar-refractivity contribution in [2.45, 2.75) is 0 Å². The minimum absolute atomic E-state index is 0.702. The number of fused-ring (bicyclic) bond motifs is 6. The molecule has 0 N–H and O–H groups in total. The van der Waals surface area contributed by atoms with Crippen molar-refractivity contribution < 1.29 is 0 Å². The molecule has 0 radical (unpaired) electrons. The Morgan fingerprint density at radius 1 is 0.321 bits per heavy atom. The molecule has 5 nitrogen and oxygen atoms in total. The summed E-state index contributed by atoms with van der Waals surface area (Å²) in [7, 11) is 0. The molecule has 56 heavy (non-hydrogen) atoms. The second-order valence-corrected chi connectivity index (χ2v) is 14.1. The molecule has 4 aromatic heterocycles. The first kappa shape index (κ1) is 31.9. The fourth-order valence-electron chi connectivity index (χ4n) is 8.17. The van der Waals surface area contributed by atoms with Crippen LogP contribution in [0.3, 0.4) is 0 Å². The number of hydrogen-bond donors (Lipinski definition) is 0. The molecule has 0 unspecified atom stereocenters. The summed E-state index contributed by atoms with van der Waals surface area (Å²) in [6.45, 7) is 0. The van der Waals surface area contributed by atoms with E-state index < -0.39 is 0 Å². The van der Waals surface area contributed by atoms with Gasteiger partial charge < -0.3 is 9.13 Å². The van der Waals surface area contributed by atoms with E-state index in [0.29, 0.717) is 5.82 Å². The number of aromatic nitrogens is 5. The molecule has 11 rings (SSSR count). The van der Waals surface area contributed by atoms with Gasteiger partial charge in [0.2, 0.25) is 0 Å². The molecule has 0 bridgehead atoms. The standard InChI is InChI=1S/C51H33N5/c1-4-14-34(15-5-1)44-33-45(54-51(53-44)35-16-6-2-7-17-35)38-18-12-21-40(30-38)56-46-23-11-10-22-41(46)42-27-25-36(31-48(42)56)37-26-28-43-49(32-37)55(39-19-8-3-9-20-39)47-24-13-29-52-50(43)47/h1-33H. The van der Waals surface area contributed by atoms with Gasteiger partial charge in [-0.2, -0.15) is 0 Å². The molecule has 262 valence electrons. The van der Waals surface area contributed by atoms with Crippen LogP contribution >= 0.6 is 0 Å². The fourth-order valence-corrected chi connectivity index (χ4v) is 8.17. The van der Waals surface area contributed by atoms with E-state index in [0.717, 1.165) is 83.5 Å². The second-order valence-electron chi connectivity index (χ2n) is 14.1. The van der Waals surface area contributed by atoms with Crippen molar-refractivity contribution in [3.8, 4) is 56.4 Å². The van der Waals surface area contributed by atoms with E-state index in [1.54, 1.807) is 0 Å². The lowest BCUT2D eigenvalue weighted by Gasteiger charge is -2.13. The van der Waals surface area contributed by atoms with E-state index >= 15 is 0 Å². The predicted molar refractivity (Wildman–Crippen MR) is 230 cm³/mol. The van der Waals surface area contributed by atoms with Gasteiger partial charge >= 0.3 is 0 Å². The topological polar surface area (TPSA) is 48.5 Å². The van der Waals surface area contributed by atoms with Gasteiger partial charge in [-0.15, -0.1) is 0 Å². The molecule has 5 heteroatoms. The third-order valence-electron chi connectivity index (χ3n) is 10.8. The van der Waals surface area contributed by atoms with E-state index in [2.05, 4.69) is 173 Å². The maximum absolute atomic E-state index is 5.14. The van der Waals surface area contributed by atoms with Gasteiger partial charge in [-0.25, -0.2) is 9.97 Å². The zero-order valence-corrected chi connectivity index (χ0v) is 30.3. The molecule has 0 spiro atoms. The number of nitrogens with zero attached hydrogens (tertiary/aromatic N) is 5. The van der Waals surface area contributed by atoms with E-state index in [-0.39, 0.29) is 0 Å². The highest BCUT2D eigenvalue weighted by Crippen LogP contribution is 2.38. The van der Waals surface area contributed by atoms with Crippen molar-refractivity contribution in [3.63, 3.8) is 0 Å². The molecule has 11 aromatic rings. The van der Waals surface area contributed by atoms with Crippen molar-refractivity contribution in [1.29, 1.82) is 0 Å². The van der Waals surface area contributed by atoms with E-state index in [1.807, 2.05) is 36.5 Å². The van der Waals surface area contributed by atoms with Crippen molar-refractivity contribution in [2.24, 2.45) is 0 Å². The van der Waals surface area contributed by atoms with Gasteiger partial charge in [0.1, 0.15) is 0 Å². The highest BCUT2D eigenvalue weighted by Gasteiger charge is 2.18. The Morgan fingerprint density at radius 2 is 0.875 bits per heavy atom.